The molecule has 0 unspecified atom stereocenters. The fraction of sp³-hybridized carbons (Fsp3) is 0.500. The number of ether oxygens (including phenoxy) is 2. The van der Waals surface area contributed by atoms with Crippen LogP contribution in [-0.2, 0) is 0 Å². The smallest absolute Gasteiger partial charge is 0.161 e. The molecule has 0 aromatic heterocycles. The fourth-order valence-corrected chi connectivity index (χ4v) is 1.37. The van der Waals surface area contributed by atoms with Gasteiger partial charge in [0.2, 0.25) is 0 Å². The van der Waals surface area contributed by atoms with Crippen LogP contribution in [-0.4, -0.2) is 18.8 Å². The Morgan fingerprint density at radius 2 is 1.75 bits per heavy atom. The molecule has 1 aliphatic rings. The predicted octanol–water partition coefficient (Wildman–Crippen LogP) is 2.38. The molecule has 0 saturated heterocycles. The lowest BCUT2D eigenvalue weighted by molar-refractivity contribution is 0.254. The van der Waals surface area contributed by atoms with Crippen molar-refractivity contribution in [1.82, 2.24) is 0 Å². The largest absolute Gasteiger partial charge is 0.490 e. The summed E-state index contributed by atoms with van der Waals surface area (Å²) < 4.78 is 11.1. The number of para-hydroxylation sites is 2. The van der Waals surface area contributed by atoms with E-state index in [9.17, 15) is 0 Å². The number of nitrogens with two attached hydrogens (primary N) is 1. The first-order valence-electron chi connectivity index (χ1n) is 5.37. The Kier molecular flexibility index (Phi) is 4.44. The second-order valence-corrected chi connectivity index (χ2v) is 4.03. The summed E-state index contributed by atoms with van der Waals surface area (Å²) in [5, 5.41) is 0. The molecule has 1 aromatic carbocycles. The minimum absolute atomic E-state index is 0. The quantitative estimate of drug-likeness (QED) is 0.864. The lowest BCUT2D eigenvalue weighted by atomic mass is 10.3. The molecule has 0 amide bonds. The maximum Gasteiger partial charge on any atom is 0.161 e. The van der Waals surface area contributed by atoms with Crippen molar-refractivity contribution in [1.29, 1.82) is 0 Å². The summed E-state index contributed by atoms with van der Waals surface area (Å²) in [5.41, 5.74) is 5.87. The van der Waals surface area contributed by atoms with Gasteiger partial charge in [0.25, 0.3) is 0 Å². The minimum atomic E-state index is -0.0840. The van der Waals surface area contributed by atoms with Crippen LogP contribution in [0.4, 0.5) is 0 Å². The second-order valence-electron chi connectivity index (χ2n) is 4.03. The summed E-state index contributed by atoms with van der Waals surface area (Å²) in [6.45, 7) is 3.19. The number of benzene rings is 1. The van der Waals surface area contributed by atoms with E-state index in [2.05, 4.69) is 0 Å². The molecular weight excluding hydrogens is 226 g/mol. The van der Waals surface area contributed by atoms with Gasteiger partial charge in [-0.05, 0) is 31.9 Å². The van der Waals surface area contributed by atoms with Crippen molar-refractivity contribution in [3.63, 3.8) is 0 Å². The van der Waals surface area contributed by atoms with Gasteiger partial charge < -0.3 is 15.2 Å². The molecule has 90 valence electrons. The highest BCUT2D eigenvalue weighted by Crippen LogP contribution is 2.34. The van der Waals surface area contributed by atoms with E-state index in [-0.39, 0.29) is 17.9 Å². The lowest BCUT2D eigenvalue weighted by Gasteiger charge is -2.14. The van der Waals surface area contributed by atoms with Gasteiger partial charge in [0.1, 0.15) is 6.61 Å². The minimum Gasteiger partial charge on any atom is -0.490 e. The summed E-state index contributed by atoms with van der Waals surface area (Å²) in [6, 6.07) is 7.70. The lowest BCUT2D eigenvalue weighted by Crippen LogP contribution is -2.29. The van der Waals surface area contributed by atoms with E-state index in [1.807, 2.05) is 31.2 Å². The number of hydrogen-bond acceptors (Lipinski definition) is 3. The third-order valence-corrected chi connectivity index (χ3v) is 2.56. The van der Waals surface area contributed by atoms with Crippen LogP contribution in [0.3, 0.4) is 0 Å². The highest BCUT2D eigenvalue weighted by atomic mass is 35.5. The van der Waals surface area contributed by atoms with Crippen LogP contribution >= 0.6 is 12.4 Å². The number of hydrogen-bond donors (Lipinski definition) is 1. The Hall–Kier alpha value is -0.930. The van der Waals surface area contributed by atoms with Crippen LogP contribution in [0.5, 0.6) is 11.5 Å². The van der Waals surface area contributed by atoms with Crippen molar-refractivity contribution in [2.75, 3.05) is 13.2 Å². The fourth-order valence-electron chi connectivity index (χ4n) is 1.37. The normalized spacial score (nSPS) is 16.1. The topological polar surface area (TPSA) is 44.5 Å². The van der Waals surface area contributed by atoms with Crippen LogP contribution in [0.25, 0.3) is 0 Å². The van der Waals surface area contributed by atoms with Crippen molar-refractivity contribution in [2.24, 2.45) is 5.73 Å². The summed E-state index contributed by atoms with van der Waals surface area (Å²) in [4.78, 5) is 0. The Bertz CT molecular complexity index is 340. The van der Waals surface area contributed by atoms with Gasteiger partial charge in [-0.15, -0.1) is 12.4 Å². The number of rotatable bonds is 5. The van der Waals surface area contributed by atoms with E-state index in [4.69, 9.17) is 15.2 Å². The van der Waals surface area contributed by atoms with E-state index in [1.54, 1.807) is 0 Å². The molecule has 1 aromatic rings. The van der Waals surface area contributed by atoms with Crippen LogP contribution in [0.1, 0.15) is 19.8 Å². The third-order valence-electron chi connectivity index (χ3n) is 2.56. The van der Waals surface area contributed by atoms with Gasteiger partial charge in [-0.1, -0.05) is 12.1 Å². The van der Waals surface area contributed by atoms with Crippen LogP contribution in [0.15, 0.2) is 24.3 Å². The highest BCUT2D eigenvalue weighted by molar-refractivity contribution is 5.85. The zero-order chi connectivity index (χ0) is 10.7. The van der Waals surface area contributed by atoms with Crippen molar-refractivity contribution >= 4 is 12.4 Å². The molecule has 1 saturated carbocycles. The van der Waals surface area contributed by atoms with Crippen molar-refractivity contribution < 1.29 is 9.47 Å². The van der Waals surface area contributed by atoms with Gasteiger partial charge in [0, 0.05) is 0 Å². The zero-order valence-corrected chi connectivity index (χ0v) is 10.3. The molecule has 2 rings (SSSR count). The molecule has 0 atom stereocenters. The molecule has 0 bridgehead atoms. The predicted molar refractivity (Wildman–Crippen MR) is 66.5 cm³/mol. The molecule has 4 heteroatoms. The number of halogens is 1. The molecule has 3 nitrogen and oxygen atoms in total. The molecule has 0 heterocycles. The second kappa shape index (κ2) is 5.41. The van der Waals surface area contributed by atoms with Crippen molar-refractivity contribution in [3.8, 4) is 11.5 Å². The van der Waals surface area contributed by atoms with Crippen LogP contribution in [0, 0.1) is 0 Å². The van der Waals surface area contributed by atoms with Gasteiger partial charge in [0.15, 0.2) is 11.5 Å². The monoisotopic (exact) mass is 243 g/mol. The van der Waals surface area contributed by atoms with Gasteiger partial charge in [-0.25, -0.2) is 0 Å². The molecule has 1 aliphatic carbocycles. The van der Waals surface area contributed by atoms with Gasteiger partial charge in [-0.2, -0.15) is 0 Å². The summed E-state index contributed by atoms with van der Waals surface area (Å²) in [6.07, 6.45) is 2.12. The molecular formula is C12H18ClNO2. The summed E-state index contributed by atoms with van der Waals surface area (Å²) in [7, 11) is 0. The van der Waals surface area contributed by atoms with Crippen LogP contribution in [0.2, 0.25) is 0 Å². The third kappa shape index (κ3) is 3.29. The Morgan fingerprint density at radius 1 is 1.19 bits per heavy atom. The molecule has 2 N–H and O–H groups in total. The molecule has 0 aliphatic heterocycles. The highest BCUT2D eigenvalue weighted by Gasteiger charge is 2.39. The molecule has 1 fully saturated rings. The Balaban J connectivity index is 0.00000128. The molecule has 16 heavy (non-hydrogen) atoms. The first-order valence-corrected chi connectivity index (χ1v) is 5.37. The first-order chi connectivity index (χ1) is 7.23. The van der Waals surface area contributed by atoms with Crippen molar-refractivity contribution in [2.45, 2.75) is 25.3 Å². The zero-order valence-electron chi connectivity index (χ0n) is 9.44. The maximum atomic E-state index is 5.95. The Morgan fingerprint density at radius 3 is 2.25 bits per heavy atom. The van der Waals surface area contributed by atoms with Gasteiger partial charge >= 0.3 is 0 Å². The Labute approximate surface area is 102 Å². The standard InChI is InChI=1S/C12H17NO2.ClH/c1-2-14-10-5-3-4-6-11(10)15-9-12(13)7-8-12;/h3-6H,2,7-9,13H2,1H3;1H. The molecule has 0 spiro atoms. The van der Waals surface area contributed by atoms with Gasteiger partial charge in [-0.3, -0.25) is 0 Å². The summed E-state index contributed by atoms with van der Waals surface area (Å²) in [5.74, 6) is 1.58. The first kappa shape index (κ1) is 13.1. The van der Waals surface area contributed by atoms with E-state index in [1.165, 1.54) is 0 Å². The van der Waals surface area contributed by atoms with E-state index >= 15 is 0 Å². The van der Waals surface area contributed by atoms with Crippen LogP contribution < -0.4 is 15.2 Å². The average molecular weight is 244 g/mol. The average Bonchev–Trinajstić information content (AvgIpc) is 2.97. The molecule has 0 radical (unpaired) electrons. The maximum absolute atomic E-state index is 5.95. The summed E-state index contributed by atoms with van der Waals surface area (Å²) >= 11 is 0. The van der Waals surface area contributed by atoms with E-state index < -0.39 is 0 Å². The van der Waals surface area contributed by atoms with E-state index in [0.29, 0.717) is 13.2 Å². The SMILES string of the molecule is CCOc1ccccc1OCC1(N)CC1.Cl. The van der Waals surface area contributed by atoms with Gasteiger partial charge in [0.05, 0.1) is 12.1 Å². The van der Waals surface area contributed by atoms with Crippen molar-refractivity contribution in [3.05, 3.63) is 24.3 Å². The van der Waals surface area contributed by atoms with E-state index in [0.717, 1.165) is 24.3 Å².